The monoisotopic (exact) mass is 414 g/mol. The van der Waals surface area contributed by atoms with Crippen molar-refractivity contribution < 1.29 is 13.2 Å². The highest BCUT2D eigenvalue weighted by Gasteiger charge is 2.14. The van der Waals surface area contributed by atoms with Gasteiger partial charge in [-0.15, -0.1) is 0 Å². The van der Waals surface area contributed by atoms with Crippen LogP contribution >= 0.6 is 27.7 Å². The van der Waals surface area contributed by atoms with Gasteiger partial charge in [0.25, 0.3) is 15.3 Å². The van der Waals surface area contributed by atoms with Crippen LogP contribution in [0.5, 0.6) is 0 Å². The molecule has 0 bridgehead atoms. The Morgan fingerprint density at radius 3 is 2.13 bits per heavy atom. The van der Waals surface area contributed by atoms with Crippen molar-refractivity contribution in [3.63, 3.8) is 0 Å². The number of halogens is 1. The Hall–Kier alpha value is -1.51. The highest BCUT2D eigenvalue weighted by molar-refractivity contribution is 9.10. The third-order valence-electron chi connectivity index (χ3n) is 2.80. The molecule has 0 saturated carbocycles. The van der Waals surface area contributed by atoms with Crippen LogP contribution in [0.2, 0.25) is 0 Å². The molecule has 122 valence electrons. The Bertz CT molecular complexity index is 788. The first kappa shape index (κ1) is 17.8. The molecule has 0 spiro atoms. The van der Waals surface area contributed by atoms with Gasteiger partial charge in [0.15, 0.2) is 0 Å². The Balaban J connectivity index is 2.11. The molecule has 1 amide bonds. The normalized spacial score (nSPS) is 11.1. The molecule has 1 N–H and O–H groups in total. The van der Waals surface area contributed by atoms with Crippen molar-refractivity contribution in [2.45, 2.75) is 9.79 Å². The standard InChI is InChI=1S/C15H15BrN2O3S2/c1-18(2)15(19)22-13-7-5-12(6-8-13)17-23(20,21)14-9-3-11(16)4-10-14/h3-10,17H,1-2H3. The zero-order valence-electron chi connectivity index (χ0n) is 12.5. The predicted molar refractivity (Wildman–Crippen MR) is 96.3 cm³/mol. The van der Waals surface area contributed by atoms with Gasteiger partial charge in [-0.05, 0) is 60.3 Å². The van der Waals surface area contributed by atoms with Gasteiger partial charge in [0.1, 0.15) is 0 Å². The molecule has 0 aliphatic carbocycles. The second kappa shape index (κ2) is 7.37. The maximum atomic E-state index is 12.3. The topological polar surface area (TPSA) is 66.5 Å². The fraction of sp³-hybridized carbons (Fsp3) is 0.133. The molecule has 5 nitrogen and oxygen atoms in total. The van der Waals surface area contributed by atoms with Crippen molar-refractivity contribution in [3.8, 4) is 0 Å². The van der Waals surface area contributed by atoms with Crippen molar-refractivity contribution in [1.29, 1.82) is 0 Å². The molecule has 2 aromatic carbocycles. The molecule has 8 heteroatoms. The lowest BCUT2D eigenvalue weighted by Gasteiger charge is -2.10. The van der Waals surface area contributed by atoms with Gasteiger partial charge >= 0.3 is 0 Å². The van der Waals surface area contributed by atoms with E-state index in [9.17, 15) is 13.2 Å². The lowest BCUT2D eigenvalue weighted by atomic mass is 10.3. The van der Waals surface area contributed by atoms with Crippen molar-refractivity contribution in [1.82, 2.24) is 4.90 Å². The third-order valence-corrected chi connectivity index (χ3v) is 5.77. The summed E-state index contributed by atoms with van der Waals surface area (Å²) < 4.78 is 27.9. The number of hydrogen-bond acceptors (Lipinski definition) is 4. The van der Waals surface area contributed by atoms with E-state index in [1.807, 2.05) is 0 Å². The molecule has 23 heavy (non-hydrogen) atoms. The molecule has 0 aliphatic rings. The number of hydrogen-bond donors (Lipinski definition) is 1. The van der Waals surface area contributed by atoms with Crippen molar-refractivity contribution in [2.24, 2.45) is 0 Å². The number of rotatable bonds is 4. The lowest BCUT2D eigenvalue weighted by molar-refractivity contribution is 0.241. The number of thioether (sulfide) groups is 1. The van der Waals surface area contributed by atoms with Gasteiger partial charge in [0, 0.05) is 29.2 Å². The zero-order chi connectivity index (χ0) is 17.0. The summed E-state index contributed by atoms with van der Waals surface area (Å²) in [6.45, 7) is 0. The minimum atomic E-state index is -3.63. The minimum absolute atomic E-state index is 0.0896. The fourth-order valence-electron chi connectivity index (χ4n) is 1.61. The SMILES string of the molecule is CN(C)C(=O)Sc1ccc(NS(=O)(=O)c2ccc(Br)cc2)cc1. The second-order valence-corrected chi connectivity index (χ2v) is 8.47. The average Bonchev–Trinajstić information content (AvgIpc) is 2.49. The van der Waals surface area contributed by atoms with E-state index < -0.39 is 10.0 Å². The van der Waals surface area contributed by atoms with Crippen LogP contribution in [0.4, 0.5) is 10.5 Å². The molecule has 0 atom stereocenters. The van der Waals surface area contributed by atoms with Crippen molar-refractivity contribution >= 4 is 48.6 Å². The highest BCUT2D eigenvalue weighted by atomic mass is 79.9. The Morgan fingerprint density at radius 2 is 1.61 bits per heavy atom. The fourth-order valence-corrected chi connectivity index (χ4v) is 3.59. The molecule has 0 unspecified atom stereocenters. The van der Waals surface area contributed by atoms with E-state index in [2.05, 4.69) is 20.7 Å². The maximum absolute atomic E-state index is 12.3. The van der Waals surface area contributed by atoms with Crippen LogP contribution in [0.15, 0.2) is 62.8 Å². The van der Waals surface area contributed by atoms with E-state index in [1.165, 1.54) is 17.0 Å². The Morgan fingerprint density at radius 1 is 1.04 bits per heavy atom. The Labute approximate surface area is 148 Å². The third kappa shape index (κ3) is 4.98. The van der Waals surface area contributed by atoms with Gasteiger partial charge < -0.3 is 4.90 Å². The zero-order valence-corrected chi connectivity index (χ0v) is 15.7. The molecule has 0 aromatic heterocycles. The summed E-state index contributed by atoms with van der Waals surface area (Å²) in [7, 11) is -0.279. The number of sulfonamides is 1. The van der Waals surface area contributed by atoms with Gasteiger partial charge in [-0.2, -0.15) is 0 Å². The van der Waals surface area contributed by atoms with E-state index in [-0.39, 0.29) is 10.1 Å². The maximum Gasteiger partial charge on any atom is 0.285 e. The van der Waals surface area contributed by atoms with Crippen LogP contribution in [0.3, 0.4) is 0 Å². The average molecular weight is 415 g/mol. The number of nitrogens with zero attached hydrogens (tertiary/aromatic N) is 1. The van der Waals surface area contributed by atoms with Gasteiger partial charge in [0.05, 0.1) is 4.90 Å². The number of anilines is 1. The van der Waals surface area contributed by atoms with Crippen LogP contribution in [0.1, 0.15) is 0 Å². The highest BCUT2D eigenvalue weighted by Crippen LogP contribution is 2.24. The van der Waals surface area contributed by atoms with Crippen LogP contribution in [0.25, 0.3) is 0 Å². The first-order chi connectivity index (χ1) is 10.8. The van der Waals surface area contributed by atoms with Crippen LogP contribution in [-0.2, 0) is 10.0 Å². The summed E-state index contributed by atoms with van der Waals surface area (Å²) in [6, 6.07) is 13.0. The van der Waals surface area contributed by atoms with E-state index in [0.717, 1.165) is 21.1 Å². The first-order valence-electron chi connectivity index (χ1n) is 6.55. The molecule has 2 rings (SSSR count). The molecule has 0 saturated heterocycles. The van der Waals surface area contributed by atoms with E-state index in [1.54, 1.807) is 50.5 Å². The molecule has 2 aromatic rings. The molecule has 0 radical (unpaired) electrons. The molecule has 0 heterocycles. The molecule has 0 aliphatic heterocycles. The van der Waals surface area contributed by atoms with Gasteiger partial charge in [0.2, 0.25) is 0 Å². The van der Waals surface area contributed by atoms with Crippen molar-refractivity contribution in [2.75, 3.05) is 18.8 Å². The summed E-state index contributed by atoms with van der Waals surface area (Å²) in [5.74, 6) is 0. The van der Waals surface area contributed by atoms with Gasteiger partial charge in [-0.3, -0.25) is 9.52 Å². The quantitative estimate of drug-likeness (QED) is 0.766. The largest absolute Gasteiger partial charge is 0.339 e. The molecular weight excluding hydrogens is 400 g/mol. The second-order valence-electron chi connectivity index (χ2n) is 4.85. The van der Waals surface area contributed by atoms with E-state index in [4.69, 9.17) is 0 Å². The number of amides is 1. The van der Waals surface area contributed by atoms with E-state index >= 15 is 0 Å². The summed E-state index contributed by atoms with van der Waals surface area (Å²) in [5.41, 5.74) is 0.439. The van der Waals surface area contributed by atoms with Crippen molar-refractivity contribution in [3.05, 3.63) is 53.0 Å². The number of carbonyl (C=O) groups is 1. The smallest absolute Gasteiger partial charge is 0.285 e. The van der Waals surface area contributed by atoms with Crippen LogP contribution in [-0.4, -0.2) is 32.7 Å². The minimum Gasteiger partial charge on any atom is -0.339 e. The van der Waals surface area contributed by atoms with Gasteiger partial charge in [-0.25, -0.2) is 8.42 Å². The summed E-state index contributed by atoms with van der Waals surface area (Å²) in [5, 5.41) is -0.0896. The van der Waals surface area contributed by atoms with Gasteiger partial charge in [-0.1, -0.05) is 15.9 Å². The number of benzene rings is 2. The van der Waals surface area contributed by atoms with Crippen LogP contribution < -0.4 is 4.72 Å². The summed E-state index contributed by atoms with van der Waals surface area (Å²) in [4.78, 5) is 14.0. The first-order valence-corrected chi connectivity index (χ1v) is 9.65. The number of nitrogens with one attached hydrogen (secondary N) is 1. The number of carbonyl (C=O) groups excluding carboxylic acids is 1. The summed E-state index contributed by atoms with van der Waals surface area (Å²) in [6.07, 6.45) is 0. The van der Waals surface area contributed by atoms with Crippen LogP contribution in [0, 0.1) is 0 Å². The molecular formula is C15H15BrN2O3S2. The van der Waals surface area contributed by atoms with E-state index in [0.29, 0.717) is 5.69 Å². The Kier molecular flexibility index (Phi) is 5.72. The summed E-state index contributed by atoms with van der Waals surface area (Å²) >= 11 is 4.35. The molecule has 0 fully saturated rings. The lowest BCUT2D eigenvalue weighted by Crippen LogP contribution is -2.16. The predicted octanol–water partition coefficient (Wildman–Crippen LogP) is 4.02.